The standard InChI is InChI=1S/C36H62N4/c1-11-28(7)36(40(10)29(8)26-39-15-5)32(12-2)24-33(17-16-22-38-14-4)35(13-3)30(9)34(25-37)23-31-20-18-27(6)19-21-31/h12,14-15,18-21,28,30,32-36,38-39H,2,4-5,8,11,13,16-17,22-26,37H2,1,3,6-7,9-10H3. The highest BCUT2D eigenvalue weighted by Crippen LogP contribution is 2.40. The Morgan fingerprint density at radius 3 is 2.17 bits per heavy atom. The summed E-state index contributed by atoms with van der Waals surface area (Å²) in [5.74, 6) is 3.06. The minimum atomic E-state index is 0.348. The minimum absolute atomic E-state index is 0.348. The van der Waals surface area contributed by atoms with Crippen LogP contribution in [0.25, 0.3) is 0 Å². The predicted octanol–water partition coefficient (Wildman–Crippen LogP) is 7.69. The smallest absolute Gasteiger partial charge is 0.0538 e. The summed E-state index contributed by atoms with van der Waals surface area (Å²) in [6.45, 7) is 30.5. The molecule has 7 unspecified atom stereocenters. The summed E-state index contributed by atoms with van der Waals surface area (Å²) in [4.78, 5) is 2.40. The van der Waals surface area contributed by atoms with E-state index in [-0.39, 0.29) is 0 Å². The fraction of sp³-hybridized carbons (Fsp3) is 0.611. The first-order chi connectivity index (χ1) is 19.2. The van der Waals surface area contributed by atoms with Gasteiger partial charge >= 0.3 is 0 Å². The second-order valence-electron chi connectivity index (χ2n) is 12.0. The summed E-state index contributed by atoms with van der Waals surface area (Å²) in [6, 6.07) is 9.34. The molecule has 0 fully saturated rings. The van der Waals surface area contributed by atoms with E-state index in [1.807, 2.05) is 6.20 Å². The highest BCUT2D eigenvalue weighted by molar-refractivity contribution is 5.22. The van der Waals surface area contributed by atoms with E-state index < -0.39 is 0 Å². The quantitative estimate of drug-likeness (QED) is 0.0966. The van der Waals surface area contributed by atoms with Crippen LogP contribution in [0, 0.1) is 42.4 Å². The Morgan fingerprint density at radius 2 is 1.65 bits per heavy atom. The number of rotatable bonds is 23. The van der Waals surface area contributed by atoms with Crippen LogP contribution in [0.3, 0.4) is 0 Å². The number of nitrogens with zero attached hydrogens (tertiary/aromatic N) is 1. The zero-order valence-corrected chi connectivity index (χ0v) is 26.8. The Labute approximate surface area is 248 Å². The predicted molar refractivity (Wildman–Crippen MR) is 178 cm³/mol. The average Bonchev–Trinajstić information content (AvgIpc) is 2.96. The largest absolute Gasteiger partial charge is 0.391 e. The molecule has 4 nitrogen and oxygen atoms in total. The van der Waals surface area contributed by atoms with Crippen molar-refractivity contribution in [2.45, 2.75) is 79.2 Å². The molecule has 0 bridgehead atoms. The molecule has 0 aliphatic rings. The van der Waals surface area contributed by atoms with Gasteiger partial charge in [0, 0.05) is 25.3 Å². The molecule has 0 heterocycles. The molecule has 0 spiro atoms. The number of aryl methyl sites for hydroxylation is 1. The highest BCUT2D eigenvalue weighted by atomic mass is 15.2. The van der Waals surface area contributed by atoms with Crippen LogP contribution in [0.5, 0.6) is 0 Å². The van der Waals surface area contributed by atoms with Gasteiger partial charge in [0.05, 0.1) is 6.54 Å². The molecule has 1 aromatic carbocycles. The zero-order valence-electron chi connectivity index (χ0n) is 26.8. The Balaban J connectivity index is 3.29. The fourth-order valence-electron chi connectivity index (χ4n) is 6.65. The Morgan fingerprint density at radius 1 is 1.00 bits per heavy atom. The highest BCUT2D eigenvalue weighted by Gasteiger charge is 2.35. The third-order valence-electron chi connectivity index (χ3n) is 9.40. The number of likely N-dealkylation sites (N-methyl/N-ethyl adjacent to an activating group) is 1. The summed E-state index contributed by atoms with van der Waals surface area (Å²) in [5, 5.41) is 6.55. The SMILES string of the molecule is C=CNCCCC(CC(C=C)C(C(C)CC)N(C)C(=C)CNC=C)C(CC)C(C)C(CN)Cc1ccc(C)cc1. The maximum atomic E-state index is 6.46. The molecule has 0 aliphatic heterocycles. The van der Waals surface area contributed by atoms with Crippen LogP contribution < -0.4 is 16.4 Å². The van der Waals surface area contributed by atoms with Crippen LogP contribution in [-0.4, -0.2) is 37.6 Å². The molecular formula is C36H62N4. The lowest BCUT2D eigenvalue weighted by atomic mass is 9.68. The molecule has 1 rings (SSSR count). The maximum absolute atomic E-state index is 6.46. The monoisotopic (exact) mass is 550 g/mol. The molecule has 40 heavy (non-hydrogen) atoms. The summed E-state index contributed by atoms with van der Waals surface area (Å²) in [5.41, 5.74) is 10.2. The van der Waals surface area contributed by atoms with Gasteiger partial charge in [-0.3, -0.25) is 0 Å². The average molecular weight is 551 g/mol. The fourth-order valence-corrected chi connectivity index (χ4v) is 6.65. The van der Waals surface area contributed by atoms with Crippen molar-refractivity contribution < 1.29 is 0 Å². The van der Waals surface area contributed by atoms with Crippen LogP contribution in [0.15, 0.2) is 74.8 Å². The number of nitrogens with two attached hydrogens (primary N) is 1. The van der Waals surface area contributed by atoms with Gasteiger partial charge in [0.25, 0.3) is 0 Å². The molecular weight excluding hydrogens is 488 g/mol. The van der Waals surface area contributed by atoms with E-state index in [2.05, 4.69) is 114 Å². The second-order valence-corrected chi connectivity index (χ2v) is 12.0. The molecule has 0 saturated carbocycles. The van der Waals surface area contributed by atoms with Crippen molar-refractivity contribution in [2.75, 3.05) is 26.7 Å². The Hall–Kier alpha value is -2.46. The van der Waals surface area contributed by atoms with E-state index in [1.165, 1.54) is 17.5 Å². The van der Waals surface area contributed by atoms with Gasteiger partial charge < -0.3 is 21.3 Å². The third kappa shape index (κ3) is 11.2. The summed E-state index contributed by atoms with van der Waals surface area (Å²) in [6.07, 6.45) is 12.5. The van der Waals surface area contributed by atoms with Crippen molar-refractivity contribution in [3.05, 3.63) is 85.9 Å². The number of benzene rings is 1. The van der Waals surface area contributed by atoms with Crippen molar-refractivity contribution >= 4 is 0 Å². The molecule has 0 amide bonds. The lowest BCUT2D eigenvalue weighted by Crippen LogP contribution is -2.44. The van der Waals surface area contributed by atoms with Crippen molar-refractivity contribution in [1.29, 1.82) is 0 Å². The lowest BCUT2D eigenvalue weighted by Gasteiger charge is -2.43. The minimum Gasteiger partial charge on any atom is -0.391 e. The normalized spacial score (nSPS) is 16.5. The molecule has 0 aromatic heterocycles. The molecule has 0 saturated heterocycles. The zero-order chi connectivity index (χ0) is 30.1. The molecule has 0 radical (unpaired) electrons. The van der Waals surface area contributed by atoms with Gasteiger partial charge in [0.1, 0.15) is 0 Å². The van der Waals surface area contributed by atoms with Crippen molar-refractivity contribution in [2.24, 2.45) is 41.2 Å². The van der Waals surface area contributed by atoms with E-state index in [1.54, 1.807) is 6.20 Å². The molecule has 4 heteroatoms. The molecule has 0 aliphatic carbocycles. The van der Waals surface area contributed by atoms with Gasteiger partial charge in [-0.2, -0.15) is 0 Å². The third-order valence-corrected chi connectivity index (χ3v) is 9.40. The first-order valence-electron chi connectivity index (χ1n) is 15.7. The van der Waals surface area contributed by atoms with Gasteiger partial charge in [-0.25, -0.2) is 0 Å². The maximum Gasteiger partial charge on any atom is 0.0538 e. The van der Waals surface area contributed by atoms with Gasteiger partial charge in [-0.05, 0) is 92.6 Å². The van der Waals surface area contributed by atoms with Gasteiger partial charge in [-0.15, -0.1) is 6.58 Å². The van der Waals surface area contributed by atoms with E-state index in [4.69, 9.17) is 5.73 Å². The van der Waals surface area contributed by atoms with Crippen LogP contribution in [0.1, 0.15) is 70.9 Å². The topological polar surface area (TPSA) is 53.3 Å². The Bertz CT molecular complexity index is 860. The van der Waals surface area contributed by atoms with Crippen LogP contribution in [-0.2, 0) is 6.42 Å². The van der Waals surface area contributed by atoms with E-state index in [0.717, 1.165) is 50.9 Å². The van der Waals surface area contributed by atoms with Gasteiger partial charge in [0.15, 0.2) is 0 Å². The van der Waals surface area contributed by atoms with E-state index >= 15 is 0 Å². The van der Waals surface area contributed by atoms with Crippen molar-refractivity contribution in [3.8, 4) is 0 Å². The second kappa shape index (κ2) is 19.6. The number of nitrogens with one attached hydrogen (secondary N) is 2. The van der Waals surface area contributed by atoms with E-state index in [0.29, 0.717) is 48.1 Å². The molecule has 226 valence electrons. The first-order valence-corrected chi connectivity index (χ1v) is 15.7. The summed E-state index contributed by atoms with van der Waals surface area (Å²) < 4.78 is 0. The van der Waals surface area contributed by atoms with Crippen molar-refractivity contribution in [1.82, 2.24) is 15.5 Å². The Kier molecular flexibility index (Phi) is 17.4. The summed E-state index contributed by atoms with van der Waals surface area (Å²) >= 11 is 0. The number of hydrogen-bond acceptors (Lipinski definition) is 4. The molecule has 1 aromatic rings. The van der Waals surface area contributed by atoms with Crippen LogP contribution >= 0.6 is 0 Å². The first kappa shape index (κ1) is 35.6. The van der Waals surface area contributed by atoms with E-state index in [9.17, 15) is 0 Å². The van der Waals surface area contributed by atoms with Gasteiger partial charge in [-0.1, -0.05) is 96.2 Å². The van der Waals surface area contributed by atoms with Crippen LogP contribution in [0.4, 0.5) is 0 Å². The molecule has 7 atom stereocenters. The van der Waals surface area contributed by atoms with Crippen molar-refractivity contribution in [3.63, 3.8) is 0 Å². The van der Waals surface area contributed by atoms with Gasteiger partial charge in [0.2, 0.25) is 0 Å². The lowest BCUT2D eigenvalue weighted by molar-refractivity contribution is 0.108. The molecule has 4 N–H and O–H groups in total. The van der Waals surface area contributed by atoms with Crippen LogP contribution in [0.2, 0.25) is 0 Å². The summed E-state index contributed by atoms with van der Waals surface area (Å²) in [7, 11) is 2.20. The number of hydrogen-bond donors (Lipinski definition) is 3.